The highest BCUT2D eigenvalue weighted by Crippen LogP contribution is 2.16. The summed E-state index contributed by atoms with van der Waals surface area (Å²) in [5.41, 5.74) is 0. The molecular formula is C54H103NO5. The van der Waals surface area contributed by atoms with Gasteiger partial charge in [0.1, 0.15) is 0 Å². The first-order valence-electron chi connectivity index (χ1n) is 26.6. The minimum Gasteiger partial charge on any atom is -0.466 e. The molecule has 0 aromatic carbocycles. The summed E-state index contributed by atoms with van der Waals surface area (Å²) in [5.74, 6) is -0.0521. The van der Waals surface area contributed by atoms with Crippen molar-refractivity contribution in [2.75, 3.05) is 13.2 Å². The van der Waals surface area contributed by atoms with Crippen LogP contribution in [0.4, 0.5) is 0 Å². The van der Waals surface area contributed by atoms with Crippen LogP contribution in [0, 0.1) is 0 Å². The monoisotopic (exact) mass is 846 g/mol. The molecule has 0 aromatic rings. The molecule has 0 saturated heterocycles. The third kappa shape index (κ3) is 45.9. The number of aliphatic hydroxyl groups is 2. The summed E-state index contributed by atoms with van der Waals surface area (Å²) in [7, 11) is 0. The molecule has 1 amide bonds. The van der Waals surface area contributed by atoms with E-state index in [1.807, 2.05) is 0 Å². The summed E-state index contributed by atoms with van der Waals surface area (Å²) in [4.78, 5) is 24.5. The zero-order chi connectivity index (χ0) is 43.7. The van der Waals surface area contributed by atoms with Gasteiger partial charge >= 0.3 is 5.97 Å². The number of amides is 1. The van der Waals surface area contributed by atoms with Gasteiger partial charge in [0, 0.05) is 12.8 Å². The van der Waals surface area contributed by atoms with Gasteiger partial charge in [-0.2, -0.15) is 0 Å². The Morgan fingerprint density at radius 2 is 0.833 bits per heavy atom. The number of carbonyl (C=O) groups excluding carboxylic acids is 2. The fourth-order valence-electron chi connectivity index (χ4n) is 8.14. The van der Waals surface area contributed by atoms with Gasteiger partial charge < -0.3 is 20.3 Å². The molecule has 0 radical (unpaired) electrons. The van der Waals surface area contributed by atoms with Crippen molar-refractivity contribution in [3.8, 4) is 0 Å². The fraction of sp³-hybridized carbons (Fsp3) is 0.889. The number of ether oxygens (including phenoxy) is 1. The average Bonchev–Trinajstić information content (AvgIpc) is 3.25. The van der Waals surface area contributed by atoms with Crippen molar-refractivity contribution < 1.29 is 24.5 Å². The largest absolute Gasteiger partial charge is 0.466 e. The van der Waals surface area contributed by atoms with Crippen LogP contribution in [0.5, 0.6) is 0 Å². The number of aliphatic hydroxyl groups excluding tert-OH is 2. The molecular weight excluding hydrogens is 743 g/mol. The van der Waals surface area contributed by atoms with Gasteiger partial charge in [-0.25, -0.2) is 0 Å². The number of rotatable bonds is 49. The Morgan fingerprint density at radius 3 is 1.30 bits per heavy atom. The predicted octanol–water partition coefficient (Wildman–Crippen LogP) is 15.9. The van der Waals surface area contributed by atoms with E-state index in [1.54, 1.807) is 0 Å². The lowest BCUT2D eigenvalue weighted by Gasteiger charge is -2.22. The SMILES string of the molecule is CCCCC/C=C\C/C=C\CCCCCCCCCC(=O)OCCCCCCCCCCCCCCCCCC(=O)NC(CO)C(O)CCCCCCCCCCCCC. The Morgan fingerprint density at radius 1 is 0.467 bits per heavy atom. The maximum Gasteiger partial charge on any atom is 0.305 e. The van der Waals surface area contributed by atoms with Crippen LogP contribution < -0.4 is 5.32 Å². The first-order chi connectivity index (χ1) is 29.5. The molecule has 6 nitrogen and oxygen atoms in total. The third-order valence-electron chi connectivity index (χ3n) is 12.3. The van der Waals surface area contributed by atoms with Crippen molar-refractivity contribution in [2.24, 2.45) is 0 Å². The molecule has 0 aliphatic carbocycles. The van der Waals surface area contributed by atoms with Gasteiger partial charge in [-0.15, -0.1) is 0 Å². The van der Waals surface area contributed by atoms with E-state index < -0.39 is 12.1 Å². The average molecular weight is 846 g/mol. The molecule has 0 saturated carbocycles. The number of unbranched alkanes of at least 4 members (excludes halogenated alkanes) is 34. The van der Waals surface area contributed by atoms with Crippen LogP contribution >= 0.6 is 0 Å². The Kier molecular flexibility index (Phi) is 48.6. The van der Waals surface area contributed by atoms with E-state index in [-0.39, 0.29) is 18.5 Å². The van der Waals surface area contributed by atoms with Crippen molar-refractivity contribution in [2.45, 2.75) is 296 Å². The van der Waals surface area contributed by atoms with Crippen LogP contribution in [-0.4, -0.2) is 47.4 Å². The lowest BCUT2D eigenvalue weighted by molar-refractivity contribution is -0.143. The number of allylic oxidation sites excluding steroid dienone is 4. The number of carbonyl (C=O) groups is 2. The first-order valence-corrected chi connectivity index (χ1v) is 26.6. The Bertz CT molecular complexity index is 935. The second-order valence-electron chi connectivity index (χ2n) is 18.2. The van der Waals surface area contributed by atoms with Crippen molar-refractivity contribution in [1.29, 1.82) is 0 Å². The second-order valence-corrected chi connectivity index (χ2v) is 18.2. The lowest BCUT2D eigenvalue weighted by Crippen LogP contribution is -2.45. The van der Waals surface area contributed by atoms with Crippen LogP contribution in [0.25, 0.3) is 0 Å². The smallest absolute Gasteiger partial charge is 0.305 e. The molecule has 0 aromatic heterocycles. The van der Waals surface area contributed by atoms with Crippen LogP contribution in [0.3, 0.4) is 0 Å². The number of esters is 1. The maximum absolute atomic E-state index is 12.4. The molecule has 0 heterocycles. The van der Waals surface area contributed by atoms with E-state index in [9.17, 15) is 19.8 Å². The predicted molar refractivity (Wildman–Crippen MR) is 260 cm³/mol. The first kappa shape index (κ1) is 58.3. The van der Waals surface area contributed by atoms with Gasteiger partial charge in [0.05, 0.1) is 25.4 Å². The quantitative estimate of drug-likeness (QED) is 0.0322. The van der Waals surface area contributed by atoms with E-state index in [1.165, 1.54) is 193 Å². The molecule has 2 unspecified atom stereocenters. The molecule has 0 aliphatic heterocycles. The van der Waals surface area contributed by atoms with E-state index in [0.29, 0.717) is 25.9 Å². The molecule has 60 heavy (non-hydrogen) atoms. The van der Waals surface area contributed by atoms with E-state index in [2.05, 4.69) is 43.5 Å². The van der Waals surface area contributed by atoms with Crippen molar-refractivity contribution in [3.63, 3.8) is 0 Å². The maximum atomic E-state index is 12.4. The van der Waals surface area contributed by atoms with E-state index >= 15 is 0 Å². The summed E-state index contributed by atoms with van der Waals surface area (Å²) in [6, 6.07) is -0.546. The zero-order valence-corrected chi connectivity index (χ0v) is 40.2. The Hall–Kier alpha value is -1.66. The highest BCUT2D eigenvalue weighted by molar-refractivity contribution is 5.76. The minimum absolute atomic E-state index is 0.00725. The van der Waals surface area contributed by atoms with Crippen LogP contribution in [-0.2, 0) is 14.3 Å². The van der Waals surface area contributed by atoms with E-state index in [0.717, 1.165) is 57.8 Å². The van der Waals surface area contributed by atoms with Crippen LogP contribution in [0.2, 0.25) is 0 Å². The molecule has 0 spiro atoms. The summed E-state index contributed by atoms with van der Waals surface area (Å²) in [5, 5.41) is 23.1. The summed E-state index contributed by atoms with van der Waals surface area (Å²) >= 11 is 0. The number of hydrogen-bond acceptors (Lipinski definition) is 5. The van der Waals surface area contributed by atoms with Gasteiger partial charge in [0.15, 0.2) is 0 Å². The molecule has 3 N–H and O–H groups in total. The molecule has 354 valence electrons. The summed E-state index contributed by atoms with van der Waals surface area (Å²) < 4.78 is 5.47. The van der Waals surface area contributed by atoms with Gasteiger partial charge in [-0.3, -0.25) is 9.59 Å². The standard InChI is InChI=1S/C54H103NO5/c1-3-5-7-9-11-13-15-16-17-18-21-24-28-32-36-40-44-48-54(59)60-49-45-41-37-33-29-25-22-19-20-23-27-31-35-39-43-47-53(58)55-51(50-56)52(57)46-42-38-34-30-26-14-12-10-8-6-4-2/h11,13,16-17,51-52,56-57H,3-10,12,14-15,18-50H2,1-2H3,(H,55,58)/b13-11-,17-16-. The van der Waals surface area contributed by atoms with Crippen molar-refractivity contribution in [1.82, 2.24) is 5.32 Å². The normalized spacial score (nSPS) is 12.8. The van der Waals surface area contributed by atoms with Crippen LogP contribution in [0.1, 0.15) is 284 Å². The van der Waals surface area contributed by atoms with Gasteiger partial charge in [0.2, 0.25) is 5.91 Å². The molecule has 0 aliphatic rings. The lowest BCUT2D eigenvalue weighted by atomic mass is 10.0. The highest BCUT2D eigenvalue weighted by atomic mass is 16.5. The van der Waals surface area contributed by atoms with E-state index in [4.69, 9.17) is 4.74 Å². The fourth-order valence-corrected chi connectivity index (χ4v) is 8.14. The number of hydrogen-bond donors (Lipinski definition) is 3. The summed E-state index contributed by atoms with van der Waals surface area (Å²) in [6.45, 7) is 4.90. The molecule has 0 bridgehead atoms. The van der Waals surface area contributed by atoms with Gasteiger partial charge in [-0.1, -0.05) is 237 Å². The zero-order valence-electron chi connectivity index (χ0n) is 40.2. The Labute approximate surface area is 373 Å². The van der Waals surface area contributed by atoms with Crippen LogP contribution in [0.15, 0.2) is 24.3 Å². The molecule has 2 atom stereocenters. The van der Waals surface area contributed by atoms with Gasteiger partial charge in [0.25, 0.3) is 0 Å². The molecule has 0 rings (SSSR count). The molecule has 6 heteroatoms. The van der Waals surface area contributed by atoms with Crippen molar-refractivity contribution >= 4 is 11.9 Å². The highest BCUT2D eigenvalue weighted by Gasteiger charge is 2.20. The Balaban J connectivity index is 3.41. The second kappa shape index (κ2) is 50.0. The summed E-state index contributed by atoms with van der Waals surface area (Å²) in [6.07, 6.45) is 58.6. The van der Waals surface area contributed by atoms with Gasteiger partial charge in [-0.05, 0) is 57.8 Å². The third-order valence-corrected chi connectivity index (χ3v) is 12.3. The molecule has 0 fully saturated rings. The number of nitrogens with one attached hydrogen (secondary N) is 1. The minimum atomic E-state index is -0.668. The van der Waals surface area contributed by atoms with Crippen molar-refractivity contribution in [3.05, 3.63) is 24.3 Å². The topological polar surface area (TPSA) is 95.9 Å².